The van der Waals surface area contributed by atoms with Gasteiger partial charge in [-0.05, 0) is 74.5 Å². The lowest BCUT2D eigenvalue weighted by Crippen LogP contribution is -2.45. The Morgan fingerprint density at radius 3 is 1.84 bits per heavy atom. The third-order valence-electron chi connectivity index (χ3n) is 10.8. The summed E-state index contributed by atoms with van der Waals surface area (Å²) in [6.45, 7) is 9.68. The fourth-order valence-electron chi connectivity index (χ4n) is 7.79. The van der Waals surface area contributed by atoms with Crippen molar-refractivity contribution in [1.29, 1.82) is 0 Å². The molecule has 1 unspecified atom stereocenters. The van der Waals surface area contributed by atoms with Crippen LogP contribution >= 0.6 is 15.9 Å². The van der Waals surface area contributed by atoms with Gasteiger partial charge < -0.3 is 66.0 Å². The van der Waals surface area contributed by atoms with Gasteiger partial charge in [0.05, 0.1) is 58.0 Å². The fraction of sp³-hybridized carbons (Fsp3) is 0.818. The van der Waals surface area contributed by atoms with Crippen molar-refractivity contribution < 1.29 is 77.7 Å². The van der Waals surface area contributed by atoms with Gasteiger partial charge in [0.2, 0.25) is 29.5 Å². The number of ether oxygens (including phenoxy) is 4. The predicted octanol–water partition coefficient (Wildman–Crippen LogP) is 0.907. The third kappa shape index (κ3) is 31.6. The Morgan fingerprint density at radius 2 is 1.21 bits per heavy atom. The summed E-state index contributed by atoms with van der Waals surface area (Å²) in [6.07, 6.45) is 3.42. The van der Waals surface area contributed by atoms with Crippen molar-refractivity contribution in [2.24, 2.45) is 22.7 Å². The normalized spacial score (nSPS) is 16.5. The Balaban J connectivity index is 2.11. The van der Waals surface area contributed by atoms with Crippen molar-refractivity contribution in [3.63, 3.8) is 0 Å². The SMILES string of the molecule is CC(C)(CC(=O)O)CC(C)(C)CC(=O)NCC1CCC(C(=O)N[C@@H](CCC(=O)NCCOCCOCC(O)NCCOCCOCC(=O)N[C@@H](CCCCNC(=O)CBr)C(=O)O)C(=O)O)CC1. The molecule has 0 aromatic heterocycles. The number of carboxylic acid groups (broad SMARTS) is 3. The van der Waals surface area contributed by atoms with Gasteiger partial charge in [0.15, 0.2) is 0 Å². The van der Waals surface area contributed by atoms with Crippen LogP contribution in [-0.2, 0) is 57.3 Å². The number of nitrogens with one attached hydrogen (secondary N) is 6. The highest BCUT2D eigenvalue weighted by molar-refractivity contribution is 9.09. The largest absolute Gasteiger partial charge is 0.481 e. The molecule has 1 aliphatic carbocycles. The molecule has 0 saturated heterocycles. The molecule has 22 nitrogen and oxygen atoms in total. The number of aliphatic hydroxyl groups is 1. The average Bonchev–Trinajstić information content (AvgIpc) is 3.24. The molecule has 0 aliphatic heterocycles. The van der Waals surface area contributed by atoms with E-state index in [0.717, 1.165) is 0 Å². The van der Waals surface area contributed by atoms with Crippen LogP contribution in [0.4, 0.5) is 0 Å². The zero-order valence-corrected chi connectivity index (χ0v) is 41.2. The van der Waals surface area contributed by atoms with Gasteiger partial charge in [0.1, 0.15) is 24.9 Å². The quantitative estimate of drug-likeness (QED) is 0.0232. The number of carbonyl (C=O) groups is 8. The molecule has 0 radical (unpaired) electrons. The zero-order chi connectivity index (χ0) is 50.3. The van der Waals surface area contributed by atoms with Gasteiger partial charge >= 0.3 is 17.9 Å². The highest BCUT2D eigenvalue weighted by Gasteiger charge is 2.33. The molecule has 10 N–H and O–H groups in total. The first-order valence-electron chi connectivity index (χ1n) is 23.0. The van der Waals surface area contributed by atoms with Crippen molar-refractivity contribution in [2.45, 2.75) is 123 Å². The summed E-state index contributed by atoms with van der Waals surface area (Å²) < 4.78 is 21.4. The number of hydrogen-bond acceptors (Lipinski definition) is 14. The van der Waals surface area contributed by atoms with Gasteiger partial charge in [-0.15, -0.1) is 0 Å². The van der Waals surface area contributed by atoms with Crippen LogP contribution in [0, 0.1) is 22.7 Å². The number of amides is 5. The Kier molecular flexibility index (Phi) is 31.2. The summed E-state index contributed by atoms with van der Waals surface area (Å²) in [6, 6.07) is -2.29. The Hall–Kier alpha value is -4.00. The van der Waals surface area contributed by atoms with Crippen LogP contribution in [0.3, 0.4) is 0 Å². The topological polar surface area (TPSA) is 327 Å². The maximum Gasteiger partial charge on any atom is 0.326 e. The van der Waals surface area contributed by atoms with Crippen molar-refractivity contribution in [1.82, 2.24) is 31.9 Å². The average molecular weight is 1030 g/mol. The van der Waals surface area contributed by atoms with E-state index in [0.29, 0.717) is 64.6 Å². The summed E-state index contributed by atoms with van der Waals surface area (Å²) in [5.74, 6) is -5.06. The van der Waals surface area contributed by atoms with Crippen molar-refractivity contribution in [3.05, 3.63) is 0 Å². The van der Waals surface area contributed by atoms with E-state index in [1.807, 2.05) is 27.7 Å². The molecule has 1 aliphatic rings. The molecule has 67 heavy (non-hydrogen) atoms. The van der Waals surface area contributed by atoms with E-state index >= 15 is 0 Å². The van der Waals surface area contributed by atoms with E-state index in [1.165, 1.54) is 0 Å². The maximum absolute atomic E-state index is 13.0. The van der Waals surface area contributed by atoms with E-state index in [-0.39, 0.29) is 132 Å². The second-order valence-electron chi connectivity index (χ2n) is 18.3. The minimum Gasteiger partial charge on any atom is -0.481 e. The molecular weight excluding hydrogens is 948 g/mol. The first-order valence-corrected chi connectivity index (χ1v) is 24.1. The lowest BCUT2D eigenvalue weighted by molar-refractivity contribution is -0.143. The molecule has 23 heteroatoms. The molecule has 3 atom stereocenters. The minimum atomic E-state index is -1.24. The molecule has 1 saturated carbocycles. The molecule has 0 heterocycles. The van der Waals surface area contributed by atoms with Crippen LogP contribution in [-0.4, -0.2) is 171 Å². The van der Waals surface area contributed by atoms with Gasteiger partial charge in [-0.1, -0.05) is 43.6 Å². The van der Waals surface area contributed by atoms with Crippen LogP contribution < -0.4 is 31.9 Å². The highest BCUT2D eigenvalue weighted by Crippen LogP contribution is 2.38. The molecule has 5 amide bonds. The van der Waals surface area contributed by atoms with Crippen LogP contribution in [0.15, 0.2) is 0 Å². The van der Waals surface area contributed by atoms with Crippen LogP contribution in [0.25, 0.3) is 0 Å². The van der Waals surface area contributed by atoms with E-state index in [9.17, 15) is 58.8 Å². The van der Waals surface area contributed by atoms with Crippen molar-refractivity contribution in [3.8, 4) is 0 Å². The number of alkyl halides is 1. The molecule has 0 aromatic carbocycles. The fourth-order valence-corrected chi connectivity index (χ4v) is 7.98. The van der Waals surface area contributed by atoms with Crippen LogP contribution in [0.2, 0.25) is 0 Å². The smallest absolute Gasteiger partial charge is 0.326 e. The number of unbranched alkanes of at least 4 members (excludes halogenated alkanes) is 1. The van der Waals surface area contributed by atoms with Gasteiger partial charge in [-0.25, -0.2) is 9.59 Å². The lowest BCUT2D eigenvalue weighted by atomic mass is 9.71. The number of carboxylic acids is 3. The summed E-state index contributed by atoms with van der Waals surface area (Å²) >= 11 is 3.04. The van der Waals surface area contributed by atoms with E-state index < -0.39 is 53.4 Å². The number of carbonyl (C=O) groups excluding carboxylic acids is 5. The molecule has 0 aromatic rings. The third-order valence-corrected chi connectivity index (χ3v) is 11.3. The van der Waals surface area contributed by atoms with Crippen LogP contribution in [0.1, 0.15) is 105 Å². The van der Waals surface area contributed by atoms with E-state index in [4.69, 9.17) is 18.9 Å². The molecule has 1 fully saturated rings. The minimum absolute atomic E-state index is 0.0200. The van der Waals surface area contributed by atoms with Crippen molar-refractivity contribution in [2.75, 3.05) is 84.4 Å². The summed E-state index contributed by atoms with van der Waals surface area (Å²) in [4.78, 5) is 95.8. The summed E-state index contributed by atoms with van der Waals surface area (Å²) in [5, 5.41) is 54.6. The Labute approximate surface area is 402 Å². The number of aliphatic hydroxyl groups excluding tert-OH is 1. The number of rotatable bonds is 39. The molecular formula is C44H77BrN6O16. The first kappa shape index (κ1) is 61.0. The van der Waals surface area contributed by atoms with E-state index in [2.05, 4.69) is 47.8 Å². The van der Waals surface area contributed by atoms with Gasteiger partial charge in [-0.2, -0.15) is 0 Å². The summed E-state index contributed by atoms with van der Waals surface area (Å²) in [5.41, 5.74) is -0.833. The highest BCUT2D eigenvalue weighted by atomic mass is 79.9. The summed E-state index contributed by atoms with van der Waals surface area (Å²) in [7, 11) is 0. The lowest BCUT2D eigenvalue weighted by Gasteiger charge is -2.34. The van der Waals surface area contributed by atoms with Crippen molar-refractivity contribution >= 4 is 63.4 Å². The standard InChI is InChI=1S/C44H77BrN6O16/c1-43(2,29-44(3,4)24-39(57)58)23-35(53)49-26-30-8-10-31(11-9-30)40(59)51-33(42(62)63)12-13-34(52)47-15-17-64-19-21-66-27-37(55)48-16-18-65-20-22-67-28-38(56)50-32(41(60)61)7-5-6-14-46-36(54)25-45/h30-33,37,48,55H,5-29H2,1-4H3,(H,46,54)(H,47,52)(H,49,53)(H,50,56)(H,51,59)(H,57,58)(H,60,61)(H,62,63)/t30?,31?,32-,33-,37?/m0/s1. The number of halogens is 1. The second kappa shape index (κ2) is 34.3. The van der Waals surface area contributed by atoms with Gasteiger partial charge in [0, 0.05) is 44.9 Å². The zero-order valence-electron chi connectivity index (χ0n) is 39.6. The first-order chi connectivity index (χ1) is 31.6. The second-order valence-corrected chi connectivity index (χ2v) is 18.9. The maximum atomic E-state index is 13.0. The van der Waals surface area contributed by atoms with Gasteiger partial charge in [-0.3, -0.25) is 34.1 Å². The molecule has 386 valence electrons. The molecule has 0 spiro atoms. The Morgan fingerprint density at radius 1 is 0.627 bits per heavy atom. The monoisotopic (exact) mass is 1020 g/mol. The molecule has 0 bridgehead atoms. The van der Waals surface area contributed by atoms with E-state index in [1.54, 1.807) is 0 Å². The van der Waals surface area contributed by atoms with Gasteiger partial charge in [0.25, 0.3) is 0 Å². The number of hydrogen-bond donors (Lipinski definition) is 10. The molecule has 1 rings (SSSR count). The predicted molar refractivity (Wildman–Crippen MR) is 247 cm³/mol. The Bertz CT molecular complexity index is 1530. The van der Waals surface area contributed by atoms with Crippen LogP contribution in [0.5, 0.6) is 0 Å². The number of aliphatic carboxylic acids is 3.